The maximum atomic E-state index is 12.9. The van der Waals surface area contributed by atoms with Gasteiger partial charge in [0.15, 0.2) is 5.65 Å². The average Bonchev–Trinajstić information content (AvgIpc) is 3.35. The molecule has 0 unspecified atom stereocenters. The summed E-state index contributed by atoms with van der Waals surface area (Å²) >= 11 is 0. The Morgan fingerprint density at radius 3 is 2.84 bits per heavy atom. The van der Waals surface area contributed by atoms with Crippen molar-refractivity contribution in [2.75, 3.05) is 13.7 Å². The average molecular weight is 421 g/mol. The molecule has 4 rings (SSSR count). The van der Waals surface area contributed by atoms with E-state index in [-0.39, 0.29) is 17.3 Å². The minimum absolute atomic E-state index is 0.149. The number of ether oxygens (including phenoxy) is 1. The first-order valence-electron chi connectivity index (χ1n) is 9.79. The molecule has 0 spiro atoms. The summed E-state index contributed by atoms with van der Waals surface area (Å²) in [6.07, 6.45) is 4.65. The standard InChI is InChI=1S/C21H23N7O3/c1-14-6-4-5-7-15(14)11-27-13-23-18-16(21(27)30)10-24-28(18)9-8-22-19(29)17-12-26(2)25-20(17)31-3/h4-7,10,12-13H,8-9,11H2,1-3H3,(H,22,29). The van der Waals surface area contributed by atoms with E-state index >= 15 is 0 Å². The first kappa shape index (κ1) is 20.3. The highest BCUT2D eigenvalue weighted by Crippen LogP contribution is 2.14. The zero-order valence-corrected chi connectivity index (χ0v) is 17.6. The Bertz CT molecular complexity index is 1300. The predicted octanol–water partition coefficient (Wildman–Crippen LogP) is 1.12. The number of aryl methyl sites for hydroxylation is 2. The third-order valence-electron chi connectivity index (χ3n) is 5.07. The summed E-state index contributed by atoms with van der Waals surface area (Å²) in [6, 6.07) is 7.93. The SMILES string of the molecule is COc1nn(C)cc1C(=O)NCCn1ncc2c(=O)n(Cc3ccccc3C)cnc21. The molecular formula is C21H23N7O3. The molecular weight excluding hydrogens is 398 g/mol. The maximum absolute atomic E-state index is 12.9. The van der Waals surface area contributed by atoms with Crippen molar-refractivity contribution in [2.45, 2.75) is 20.0 Å². The Kier molecular flexibility index (Phi) is 5.52. The van der Waals surface area contributed by atoms with Crippen LogP contribution in [0.2, 0.25) is 0 Å². The summed E-state index contributed by atoms with van der Waals surface area (Å²) in [5.74, 6) is -0.0321. The summed E-state index contributed by atoms with van der Waals surface area (Å²) in [5, 5.41) is 11.6. The number of carbonyl (C=O) groups excluding carboxylic acids is 1. The van der Waals surface area contributed by atoms with Crippen LogP contribution in [0.15, 0.2) is 47.8 Å². The lowest BCUT2D eigenvalue weighted by molar-refractivity contribution is 0.0949. The van der Waals surface area contributed by atoms with E-state index in [1.54, 1.807) is 22.5 Å². The second-order valence-electron chi connectivity index (χ2n) is 7.19. The minimum Gasteiger partial charge on any atom is -0.479 e. The van der Waals surface area contributed by atoms with E-state index in [0.29, 0.717) is 36.2 Å². The number of methoxy groups -OCH3 is 1. The molecule has 160 valence electrons. The zero-order chi connectivity index (χ0) is 22.0. The maximum Gasteiger partial charge on any atom is 0.264 e. The molecule has 1 amide bonds. The number of rotatable bonds is 7. The van der Waals surface area contributed by atoms with Gasteiger partial charge in [0, 0.05) is 19.8 Å². The second-order valence-corrected chi connectivity index (χ2v) is 7.19. The van der Waals surface area contributed by atoms with Crippen LogP contribution in [0.25, 0.3) is 11.0 Å². The van der Waals surface area contributed by atoms with E-state index in [2.05, 4.69) is 20.5 Å². The molecule has 0 radical (unpaired) electrons. The van der Waals surface area contributed by atoms with Crippen LogP contribution >= 0.6 is 0 Å². The van der Waals surface area contributed by atoms with Gasteiger partial charge in [-0.2, -0.15) is 5.10 Å². The number of amides is 1. The third-order valence-corrected chi connectivity index (χ3v) is 5.07. The van der Waals surface area contributed by atoms with Gasteiger partial charge in [-0.1, -0.05) is 24.3 Å². The van der Waals surface area contributed by atoms with Gasteiger partial charge in [-0.25, -0.2) is 9.67 Å². The first-order valence-corrected chi connectivity index (χ1v) is 9.79. The fourth-order valence-electron chi connectivity index (χ4n) is 3.39. The van der Waals surface area contributed by atoms with Gasteiger partial charge in [0.05, 0.1) is 26.4 Å². The number of nitrogens with one attached hydrogen (secondary N) is 1. The van der Waals surface area contributed by atoms with Gasteiger partial charge in [-0.15, -0.1) is 5.10 Å². The van der Waals surface area contributed by atoms with Crippen molar-refractivity contribution in [3.05, 3.63) is 70.0 Å². The molecule has 0 aliphatic rings. The fourth-order valence-corrected chi connectivity index (χ4v) is 3.39. The zero-order valence-electron chi connectivity index (χ0n) is 17.6. The lowest BCUT2D eigenvalue weighted by atomic mass is 10.1. The van der Waals surface area contributed by atoms with Crippen molar-refractivity contribution in [1.29, 1.82) is 0 Å². The highest BCUT2D eigenvalue weighted by atomic mass is 16.5. The smallest absolute Gasteiger partial charge is 0.264 e. The third kappa shape index (κ3) is 4.04. The van der Waals surface area contributed by atoms with Gasteiger partial charge in [-0.3, -0.25) is 18.8 Å². The number of hydrogen-bond acceptors (Lipinski definition) is 6. The normalized spacial score (nSPS) is 11.1. The first-order chi connectivity index (χ1) is 15.0. The molecule has 0 bridgehead atoms. The summed E-state index contributed by atoms with van der Waals surface area (Å²) in [6.45, 7) is 3.13. The van der Waals surface area contributed by atoms with E-state index < -0.39 is 0 Å². The molecule has 0 saturated carbocycles. The van der Waals surface area contributed by atoms with Crippen molar-refractivity contribution in [3.63, 3.8) is 0 Å². The number of fused-ring (bicyclic) bond motifs is 1. The van der Waals surface area contributed by atoms with Crippen LogP contribution in [0.4, 0.5) is 0 Å². The van der Waals surface area contributed by atoms with E-state index in [1.807, 2.05) is 31.2 Å². The molecule has 10 nitrogen and oxygen atoms in total. The Labute approximate surface area is 178 Å². The van der Waals surface area contributed by atoms with Crippen LogP contribution in [-0.2, 0) is 20.1 Å². The van der Waals surface area contributed by atoms with Crippen molar-refractivity contribution in [1.82, 2.24) is 34.4 Å². The number of carbonyl (C=O) groups is 1. The summed E-state index contributed by atoms with van der Waals surface area (Å²) in [4.78, 5) is 29.7. The quantitative estimate of drug-likeness (QED) is 0.479. The van der Waals surface area contributed by atoms with Crippen molar-refractivity contribution in [3.8, 4) is 5.88 Å². The van der Waals surface area contributed by atoms with Gasteiger partial charge in [0.1, 0.15) is 17.3 Å². The predicted molar refractivity (Wildman–Crippen MR) is 114 cm³/mol. The summed E-state index contributed by atoms with van der Waals surface area (Å²) in [5.41, 5.74) is 2.87. The van der Waals surface area contributed by atoms with Crippen LogP contribution in [0, 0.1) is 6.92 Å². The van der Waals surface area contributed by atoms with Crippen LogP contribution in [0.1, 0.15) is 21.5 Å². The summed E-state index contributed by atoms with van der Waals surface area (Å²) < 4.78 is 9.81. The Balaban J connectivity index is 1.47. The molecule has 1 N–H and O–H groups in total. The van der Waals surface area contributed by atoms with Crippen LogP contribution < -0.4 is 15.6 Å². The van der Waals surface area contributed by atoms with Gasteiger partial charge < -0.3 is 10.1 Å². The molecule has 0 aliphatic heterocycles. The molecule has 0 saturated heterocycles. The second kappa shape index (κ2) is 8.42. The summed E-state index contributed by atoms with van der Waals surface area (Å²) in [7, 11) is 3.18. The molecule has 31 heavy (non-hydrogen) atoms. The monoisotopic (exact) mass is 421 g/mol. The molecule has 0 fully saturated rings. The highest BCUT2D eigenvalue weighted by Gasteiger charge is 2.16. The molecule has 10 heteroatoms. The highest BCUT2D eigenvalue weighted by molar-refractivity contribution is 5.96. The molecule has 3 heterocycles. The number of nitrogens with zero attached hydrogens (tertiary/aromatic N) is 6. The lowest BCUT2D eigenvalue weighted by Gasteiger charge is -2.09. The Hall–Kier alpha value is -3.95. The Morgan fingerprint density at radius 2 is 2.06 bits per heavy atom. The van der Waals surface area contributed by atoms with Crippen LogP contribution in [0.5, 0.6) is 5.88 Å². The lowest BCUT2D eigenvalue weighted by Crippen LogP contribution is -2.28. The van der Waals surface area contributed by atoms with Gasteiger partial charge in [-0.05, 0) is 18.1 Å². The molecule has 3 aromatic heterocycles. The molecule has 0 aliphatic carbocycles. The van der Waals surface area contributed by atoms with E-state index in [0.717, 1.165) is 11.1 Å². The number of hydrogen-bond donors (Lipinski definition) is 1. The van der Waals surface area contributed by atoms with Crippen molar-refractivity contribution < 1.29 is 9.53 Å². The van der Waals surface area contributed by atoms with E-state index in [9.17, 15) is 9.59 Å². The fraction of sp³-hybridized carbons (Fsp3) is 0.286. The number of aromatic nitrogens is 6. The van der Waals surface area contributed by atoms with Crippen LogP contribution in [-0.4, -0.2) is 48.7 Å². The van der Waals surface area contributed by atoms with Gasteiger partial charge in [0.2, 0.25) is 5.88 Å². The minimum atomic E-state index is -0.296. The van der Waals surface area contributed by atoms with Gasteiger partial charge in [0.25, 0.3) is 11.5 Å². The van der Waals surface area contributed by atoms with Crippen molar-refractivity contribution >= 4 is 16.9 Å². The van der Waals surface area contributed by atoms with Gasteiger partial charge >= 0.3 is 0 Å². The largest absolute Gasteiger partial charge is 0.479 e. The van der Waals surface area contributed by atoms with E-state index in [1.165, 1.54) is 24.3 Å². The van der Waals surface area contributed by atoms with Crippen molar-refractivity contribution in [2.24, 2.45) is 7.05 Å². The molecule has 1 aromatic carbocycles. The Morgan fingerprint density at radius 1 is 1.26 bits per heavy atom. The molecule has 0 atom stereocenters. The van der Waals surface area contributed by atoms with E-state index in [4.69, 9.17) is 4.74 Å². The van der Waals surface area contributed by atoms with Crippen LogP contribution in [0.3, 0.4) is 0 Å². The topological polar surface area (TPSA) is 109 Å². The number of benzene rings is 1. The molecule has 4 aromatic rings.